The van der Waals surface area contributed by atoms with Gasteiger partial charge in [0.1, 0.15) is 0 Å². The first-order valence-corrected chi connectivity index (χ1v) is 7.13. The minimum atomic E-state index is 0.123. The summed E-state index contributed by atoms with van der Waals surface area (Å²) < 4.78 is 5.16. The van der Waals surface area contributed by atoms with Gasteiger partial charge < -0.3 is 15.4 Å². The van der Waals surface area contributed by atoms with Crippen LogP contribution in [0.5, 0.6) is 0 Å². The summed E-state index contributed by atoms with van der Waals surface area (Å²) in [6.07, 6.45) is 0.804. The zero-order valence-electron chi connectivity index (χ0n) is 12.3. The highest BCUT2D eigenvalue weighted by Gasteiger charge is 2.12. The Labute approximate surface area is 121 Å². The van der Waals surface area contributed by atoms with E-state index in [1.165, 1.54) is 0 Å². The molecule has 0 spiro atoms. The van der Waals surface area contributed by atoms with Crippen LogP contribution in [0.4, 0.5) is 5.69 Å². The second-order valence-electron chi connectivity index (χ2n) is 5.24. The quantitative estimate of drug-likeness (QED) is 0.836. The predicted molar refractivity (Wildman–Crippen MR) is 83.2 cm³/mol. The Bertz CT molecular complexity index is 394. The summed E-state index contributed by atoms with van der Waals surface area (Å²) in [5.74, 6) is 0. The number of nitrogens with zero attached hydrogens (tertiary/aromatic N) is 1. The number of hydrogen-bond acceptors (Lipinski definition) is 3. The van der Waals surface area contributed by atoms with Gasteiger partial charge in [-0.3, -0.25) is 0 Å². The standard InChI is InChI=1S/C15H25ClN2O/c1-11(2)18(7-8-19-4)14-6-5-13(9-12(3)17)15(16)10-14/h5-6,10-12H,7-9,17H2,1-4H3. The lowest BCUT2D eigenvalue weighted by molar-refractivity contribution is 0.204. The van der Waals surface area contributed by atoms with E-state index in [2.05, 4.69) is 30.9 Å². The zero-order valence-corrected chi connectivity index (χ0v) is 13.1. The van der Waals surface area contributed by atoms with Gasteiger partial charge >= 0.3 is 0 Å². The van der Waals surface area contributed by atoms with E-state index in [0.717, 1.165) is 29.2 Å². The molecule has 3 nitrogen and oxygen atoms in total. The Balaban J connectivity index is 2.90. The smallest absolute Gasteiger partial charge is 0.0637 e. The summed E-state index contributed by atoms with van der Waals surface area (Å²) in [7, 11) is 1.72. The molecule has 0 aliphatic rings. The summed E-state index contributed by atoms with van der Waals surface area (Å²) in [6.45, 7) is 7.89. The van der Waals surface area contributed by atoms with Crippen LogP contribution in [0, 0.1) is 0 Å². The molecule has 0 aromatic heterocycles. The number of nitrogens with two attached hydrogens (primary N) is 1. The number of rotatable bonds is 7. The van der Waals surface area contributed by atoms with Crippen LogP contribution >= 0.6 is 11.6 Å². The summed E-state index contributed by atoms with van der Waals surface area (Å²) in [5, 5.41) is 0.790. The van der Waals surface area contributed by atoms with Gasteiger partial charge in [0.15, 0.2) is 0 Å². The van der Waals surface area contributed by atoms with E-state index in [4.69, 9.17) is 22.1 Å². The lowest BCUT2D eigenvalue weighted by atomic mass is 10.1. The Hall–Kier alpha value is -0.770. The number of hydrogen-bond donors (Lipinski definition) is 1. The average Bonchev–Trinajstić information content (AvgIpc) is 2.32. The fourth-order valence-electron chi connectivity index (χ4n) is 2.10. The number of ether oxygens (including phenoxy) is 1. The van der Waals surface area contributed by atoms with Crippen molar-refractivity contribution < 1.29 is 4.74 Å². The van der Waals surface area contributed by atoms with Gasteiger partial charge in [0.25, 0.3) is 0 Å². The molecule has 1 atom stereocenters. The Kier molecular flexibility index (Phi) is 6.63. The van der Waals surface area contributed by atoms with E-state index in [1.54, 1.807) is 7.11 Å². The number of benzene rings is 1. The van der Waals surface area contributed by atoms with Crippen LogP contribution < -0.4 is 10.6 Å². The third kappa shape index (κ3) is 5.01. The fourth-order valence-corrected chi connectivity index (χ4v) is 2.35. The van der Waals surface area contributed by atoms with Gasteiger partial charge in [0.05, 0.1) is 6.61 Å². The SMILES string of the molecule is COCCN(c1ccc(CC(C)N)c(Cl)c1)C(C)C. The molecule has 108 valence electrons. The Morgan fingerprint density at radius 2 is 2.00 bits per heavy atom. The molecule has 1 aromatic rings. The lowest BCUT2D eigenvalue weighted by Gasteiger charge is -2.29. The molecular weight excluding hydrogens is 260 g/mol. The van der Waals surface area contributed by atoms with Crippen LogP contribution in [0.3, 0.4) is 0 Å². The zero-order chi connectivity index (χ0) is 14.4. The molecule has 0 radical (unpaired) electrons. The van der Waals surface area contributed by atoms with Crippen molar-refractivity contribution in [3.8, 4) is 0 Å². The molecule has 0 fully saturated rings. The second-order valence-corrected chi connectivity index (χ2v) is 5.64. The van der Waals surface area contributed by atoms with Gasteiger partial charge in [-0.25, -0.2) is 0 Å². The summed E-state index contributed by atoms with van der Waals surface area (Å²) >= 11 is 6.34. The molecule has 1 rings (SSSR count). The predicted octanol–water partition coefficient (Wildman–Crippen LogP) is 3.09. The first-order valence-electron chi connectivity index (χ1n) is 6.75. The summed E-state index contributed by atoms with van der Waals surface area (Å²) in [5.41, 5.74) is 8.06. The molecule has 0 amide bonds. The van der Waals surface area contributed by atoms with Crippen molar-refractivity contribution in [3.63, 3.8) is 0 Å². The molecule has 1 unspecified atom stereocenters. The van der Waals surface area contributed by atoms with Crippen molar-refractivity contribution in [1.82, 2.24) is 0 Å². The van der Waals surface area contributed by atoms with E-state index >= 15 is 0 Å². The van der Waals surface area contributed by atoms with Crippen molar-refractivity contribution in [2.24, 2.45) is 5.73 Å². The molecule has 0 aliphatic carbocycles. The Morgan fingerprint density at radius 3 is 2.47 bits per heavy atom. The van der Waals surface area contributed by atoms with Crippen LogP contribution in [-0.4, -0.2) is 32.3 Å². The summed E-state index contributed by atoms with van der Waals surface area (Å²) in [6, 6.07) is 6.74. The van der Waals surface area contributed by atoms with Crippen LogP contribution in [0.2, 0.25) is 5.02 Å². The van der Waals surface area contributed by atoms with Gasteiger partial charge in [0, 0.05) is 36.4 Å². The highest BCUT2D eigenvalue weighted by atomic mass is 35.5. The fraction of sp³-hybridized carbons (Fsp3) is 0.600. The van der Waals surface area contributed by atoms with Gasteiger partial charge in [-0.15, -0.1) is 0 Å². The lowest BCUT2D eigenvalue weighted by Crippen LogP contribution is -2.33. The topological polar surface area (TPSA) is 38.5 Å². The molecule has 0 aliphatic heterocycles. The van der Waals surface area contributed by atoms with E-state index in [-0.39, 0.29) is 6.04 Å². The van der Waals surface area contributed by atoms with Crippen LogP contribution in [-0.2, 0) is 11.2 Å². The Morgan fingerprint density at radius 1 is 1.32 bits per heavy atom. The molecule has 0 saturated heterocycles. The van der Waals surface area contributed by atoms with E-state index in [9.17, 15) is 0 Å². The van der Waals surface area contributed by atoms with Crippen LogP contribution in [0.1, 0.15) is 26.3 Å². The molecule has 0 heterocycles. The molecule has 4 heteroatoms. The normalized spacial score (nSPS) is 12.8. The minimum absolute atomic E-state index is 0.123. The molecule has 2 N–H and O–H groups in total. The van der Waals surface area contributed by atoms with E-state index < -0.39 is 0 Å². The molecule has 1 aromatic carbocycles. The molecular formula is C15H25ClN2O. The van der Waals surface area contributed by atoms with Crippen molar-refractivity contribution in [2.75, 3.05) is 25.2 Å². The molecule has 0 bridgehead atoms. The third-order valence-corrected chi connectivity index (χ3v) is 3.42. The van der Waals surface area contributed by atoms with Crippen molar-refractivity contribution in [2.45, 2.75) is 39.3 Å². The van der Waals surface area contributed by atoms with Gasteiger partial charge in [-0.05, 0) is 44.9 Å². The maximum Gasteiger partial charge on any atom is 0.0637 e. The van der Waals surface area contributed by atoms with Gasteiger partial charge in [-0.2, -0.15) is 0 Å². The van der Waals surface area contributed by atoms with Crippen molar-refractivity contribution >= 4 is 17.3 Å². The number of methoxy groups -OCH3 is 1. The average molecular weight is 285 g/mol. The first-order chi connectivity index (χ1) is 8.95. The number of halogens is 1. The molecule has 0 saturated carbocycles. The summed E-state index contributed by atoms with van der Waals surface area (Å²) in [4.78, 5) is 2.28. The minimum Gasteiger partial charge on any atom is -0.383 e. The maximum atomic E-state index is 6.34. The number of anilines is 1. The van der Waals surface area contributed by atoms with Gasteiger partial charge in [0.2, 0.25) is 0 Å². The van der Waals surface area contributed by atoms with Crippen molar-refractivity contribution in [3.05, 3.63) is 28.8 Å². The van der Waals surface area contributed by atoms with Crippen LogP contribution in [0.25, 0.3) is 0 Å². The largest absolute Gasteiger partial charge is 0.383 e. The van der Waals surface area contributed by atoms with Crippen LogP contribution in [0.15, 0.2) is 18.2 Å². The highest BCUT2D eigenvalue weighted by molar-refractivity contribution is 6.31. The van der Waals surface area contributed by atoms with E-state index in [0.29, 0.717) is 12.6 Å². The van der Waals surface area contributed by atoms with E-state index in [1.807, 2.05) is 13.0 Å². The maximum absolute atomic E-state index is 6.34. The monoisotopic (exact) mass is 284 g/mol. The van der Waals surface area contributed by atoms with Crippen molar-refractivity contribution in [1.29, 1.82) is 0 Å². The second kappa shape index (κ2) is 7.73. The first kappa shape index (κ1) is 16.3. The van der Waals surface area contributed by atoms with Gasteiger partial charge in [-0.1, -0.05) is 17.7 Å². The molecule has 19 heavy (non-hydrogen) atoms. The highest BCUT2D eigenvalue weighted by Crippen LogP contribution is 2.25. The third-order valence-electron chi connectivity index (χ3n) is 3.07.